The Morgan fingerprint density at radius 2 is 2.44 bits per heavy atom. The first-order valence-electron chi connectivity index (χ1n) is 6.62. The summed E-state index contributed by atoms with van der Waals surface area (Å²) in [5, 5.41) is 3.07. The SMILES string of the molecule is C[C@H](NC(=O)C1CCCC1CN)c1cccnc1. The number of nitrogens with one attached hydrogen (secondary N) is 1. The molecule has 0 radical (unpaired) electrons. The van der Waals surface area contributed by atoms with Crippen LogP contribution in [0, 0.1) is 11.8 Å². The van der Waals surface area contributed by atoms with E-state index in [1.165, 1.54) is 0 Å². The zero-order chi connectivity index (χ0) is 13.0. The van der Waals surface area contributed by atoms with E-state index in [1.54, 1.807) is 12.4 Å². The van der Waals surface area contributed by atoms with Gasteiger partial charge in [-0.2, -0.15) is 0 Å². The van der Waals surface area contributed by atoms with E-state index in [4.69, 9.17) is 5.73 Å². The fraction of sp³-hybridized carbons (Fsp3) is 0.571. The van der Waals surface area contributed by atoms with E-state index in [0.717, 1.165) is 24.8 Å². The molecule has 4 nitrogen and oxygen atoms in total. The van der Waals surface area contributed by atoms with Gasteiger partial charge in [-0.25, -0.2) is 0 Å². The summed E-state index contributed by atoms with van der Waals surface area (Å²) in [6.45, 7) is 2.60. The van der Waals surface area contributed by atoms with Crippen LogP contribution in [0.3, 0.4) is 0 Å². The Balaban J connectivity index is 1.95. The van der Waals surface area contributed by atoms with Crippen LogP contribution < -0.4 is 11.1 Å². The van der Waals surface area contributed by atoms with Gasteiger partial charge in [0.05, 0.1) is 6.04 Å². The van der Waals surface area contributed by atoms with E-state index in [-0.39, 0.29) is 17.9 Å². The molecule has 4 heteroatoms. The lowest BCUT2D eigenvalue weighted by molar-refractivity contribution is -0.126. The molecule has 1 aliphatic carbocycles. The van der Waals surface area contributed by atoms with Crippen LogP contribution in [-0.4, -0.2) is 17.4 Å². The zero-order valence-electron chi connectivity index (χ0n) is 10.8. The summed E-state index contributed by atoms with van der Waals surface area (Å²) >= 11 is 0. The van der Waals surface area contributed by atoms with Crippen LogP contribution in [-0.2, 0) is 4.79 Å². The average Bonchev–Trinajstić information content (AvgIpc) is 2.88. The van der Waals surface area contributed by atoms with Crippen LogP contribution >= 0.6 is 0 Å². The molecular formula is C14H21N3O. The van der Waals surface area contributed by atoms with E-state index >= 15 is 0 Å². The minimum absolute atomic E-state index is 0.00484. The smallest absolute Gasteiger partial charge is 0.223 e. The molecule has 0 bridgehead atoms. The summed E-state index contributed by atoms with van der Waals surface area (Å²) < 4.78 is 0. The second-order valence-electron chi connectivity index (χ2n) is 5.05. The van der Waals surface area contributed by atoms with Crippen molar-refractivity contribution in [2.75, 3.05) is 6.54 Å². The highest BCUT2D eigenvalue weighted by Gasteiger charge is 2.32. The molecule has 1 heterocycles. The van der Waals surface area contributed by atoms with Gasteiger partial charge >= 0.3 is 0 Å². The highest BCUT2D eigenvalue weighted by Crippen LogP contribution is 2.31. The number of carbonyl (C=O) groups excluding carboxylic acids is 1. The van der Waals surface area contributed by atoms with Crippen molar-refractivity contribution < 1.29 is 4.79 Å². The molecule has 1 amide bonds. The van der Waals surface area contributed by atoms with Gasteiger partial charge in [-0.05, 0) is 43.9 Å². The van der Waals surface area contributed by atoms with E-state index in [2.05, 4.69) is 10.3 Å². The predicted molar refractivity (Wildman–Crippen MR) is 70.7 cm³/mol. The molecule has 0 aliphatic heterocycles. The number of nitrogens with two attached hydrogens (primary N) is 1. The maximum atomic E-state index is 12.2. The number of hydrogen-bond donors (Lipinski definition) is 2. The van der Waals surface area contributed by atoms with Crippen LogP contribution in [0.25, 0.3) is 0 Å². The lowest BCUT2D eigenvalue weighted by atomic mass is 9.95. The number of amides is 1. The molecule has 0 spiro atoms. The fourth-order valence-corrected chi connectivity index (χ4v) is 2.70. The number of rotatable bonds is 4. The minimum atomic E-state index is 0.00484. The Kier molecular flexibility index (Phi) is 4.31. The van der Waals surface area contributed by atoms with Gasteiger partial charge in [0.1, 0.15) is 0 Å². The third kappa shape index (κ3) is 2.88. The van der Waals surface area contributed by atoms with E-state index < -0.39 is 0 Å². The Hall–Kier alpha value is -1.42. The molecule has 1 aromatic heterocycles. The molecule has 98 valence electrons. The topological polar surface area (TPSA) is 68.0 Å². The molecule has 2 unspecified atom stereocenters. The number of aromatic nitrogens is 1. The van der Waals surface area contributed by atoms with Crippen molar-refractivity contribution in [2.45, 2.75) is 32.2 Å². The molecule has 0 aromatic carbocycles. The first-order valence-corrected chi connectivity index (χ1v) is 6.62. The molecule has 3 atom stereocenters. The van der Waals surface area contributed by atoms with Crippen LogP contribution in [0.4, 0.5) is 0 Å². The summed E-state index contributed by atoms with van der Waals surface area (Å²) in [7, 11) is 0. The predicted octanol–water partition coefficient (Wildman–Crippen LogP) is 1.63. The van der Waals surface area contributed by atoms with Crippen LogP contribution in [0.5, 0.6) is 0 Å². The molecule has 1 fully saturated rings. The molecule has 1 aromatic rings. The quantitative estimate of drug-likeness (QED) is 0.849. The third-order valence-electron chi connectivity index (χ3n) is 3.84. The van der Waals surface area contributed by atoms with Gasteiger partial charge in [0, 0.05) is 18.3 Å². The molecule has 3 N–H and O–H groups in total. The van der Waals surface area contributed by atoms with Crippen molar-refractivity contribution in [1.29, 1.82) is 0 Å². The first-order chi connectivity index (χ1) is 8.72. The maximum absolute atomic E-state index is 12.2. The summed E-state index contributed by atoms with van der Waals surface area (Å²) in [5.74, 6) is 0.583. The van der Waals surface area contributed by atoms with E-state index in [9.17, 15) is 4.79 Å². The van der Waals surface area contributed by atoms with Crippen molar-refractivity contribution in [1.82, 2.24) is 10.3 Å². The lowest BCUT2D eigenvalue weighted by Crippen LogP contribution is -2.36. The van der Waals surface area contributed by atoms with Gasteiger partial charge < -0.3 is 11.1 Å². The van der Waals surface area contributed by atoms with Crippen molar-refractivity contribution in [3.63, 3.8) is 0 Å². The second kappa shape index (κ2) is 5.96. The molecule has 1 saturated carbocycles. The average molecular weight is 247 g/mol. The van der Waals surface area contributed by atoms with Gasteiger partial charge in [0.15, 0.2) is 0 Å². The molecule has 18 heavy (non-hydrogen) atoms. The first kappa shape index (κ1) is 13.0. The summed E-state index contributed by atoms with van der Waals surface area (Å²) in [4.78, 5) is 16.3. The van der Waals surface area contributed by atoms with Gasteiger partial charge in [-0.3, -0.25) is 9.78 Å². The molecule has 0 saturated heterocycles. The standard InChI is InChI=1S/C14H21N3O/c1-10(12-5-3-7-16-9-12)17-14(18)13-6-2-4-11(13)8-15/h3,5,7,9-11,13H,2,4,6,8,15H2,1H3,(H,17,18)/t10-,11?,13?/m0/s1. The van der Waals surface area contributed by atoms with Crippen molar-refractivity contribution in [2.24, 2.45) is 17.6 Å². The summed E-state index contributed by atoms with van der Waals surface area (Å²) in [5.41, 5.74) is 6.75. The van der Waals surface area contributed by atoms with Crippen molar-refractivity contribution >= 4 is 5.91 Å². The number of nitrogens with zero attached hydrogens (tertiary/aromatic N) is 1. The monoisotopic (exact) mass is 247 g/mol. The Labute approximate surface area is 108 Å². The van der Waals surface area contributed by atoms with Gasteiger partial charge in [-0.1, -0.05) is 12.5 Å². The molecular weight excluding hydrogens is 226 g/mol. The van der Waals surface area contributed by atoms with Crippen molar-refractivity contribution in [3.05, 3.63) is 30.1 Å². The Morgan fingerprint density at radius 3 is 3.11 bits per heavy atom. The van der Waals surface area contributed by atoms with Crippen LogP contribution in [0.15, 0.2) is 24.5 Å². The largest absolute Gasteiger partial charge is 0.349 e. The number of pyridine rings is 1. The zero-order valence-corrected chi connectivity index (χ0v) is 10.8. The normalized spacial score (nSPS) is 24.8. The Bertz CT molecular complexity index is 393. The van der Waals surface area contributed by atoms with E-state index in [0.29, 0.717) is 12.5 Å². The van der Waals surface area contributed by atoms with E-state index in [1.807, 2.05) is 19.1 Å². The second-order valence-corrected chi connectivity index (χ2v) is 5.05. The highest BCUT2D eigenvalue weighted by atomic mass is 16.2. The summed E-state index contributed by atoms with van der Waals surface area (Å²) in [6.07, 6.45) is 6.68. The van der Waals surface area contributed by atoms with Gasteiger partial charge in [0.25, 0.3) is 0 Å². The van der Waals surface area contributed by atoms with Gasteiger partial charge in [-0.15, -0.1) is 0 Å². The number of hydrogen-bond acceptors (Lipinski definition) is 3. The van der Waals surface area contributed by atoms with Crippen LogP contribution in [0.2, 0.25) is 0 Å². The maximum Gasteiger partial charge on any atom is 0.223 e. The fourth-order valence-electron chi connectivity index (χ4n) is 2.70. The lowest BCUT2D eigenvalue weighted by Gasteiger charge is -2.21. The highest BCUT2D eigenvalue weighted by molar-refractivity contribution is 5.79. The molecule has 2 rings (SSSR count). The molecule has 1 aliphatic rings. The summed E-state index contributed by atoms with van der Waals surface area (Å²) in [6, 6.07) is 3.87. The van der Waals surface area contributed by atoms with Crippen molar-refractivity contribution in [3.8, 4) is 0 Å². The minimum Gasteiger partial charge on any atom is -0.349 e. The van der Waals surface area contributed by atoms with Gasteiger partial charge in [0.2, 0.25) is 5.91 Å². The van der Waals surface area contributed by atoms with Crippen LogP contribution in [0.1, 0.15) is 37.8 Å². The number of carbonyl (C=O) groups is 1. The Morgan fingerprint density at radius 1 is 1.61 bits per heavy atom. The third-order valence-corrected chi connectivity index (χ3v) is 3.84.